The first-order valence-electron chi connectivity index (χ1n) is 12.5. The Morgan fingerprint density at radius 2 is 1.65 bits per heavy atom. The molecule has 0 amide bonds. The van der Waals surface area contributed by atoms with Crippen LogP contribution < -0.4 is 15.4 Å². The molecule has 0 bridgehead atoms. The van der Waals surface area contributed by atoms with Crippen LogP contribution in [0.4, 0.5) is 5.69 Å². The van der Waals surface area contributed by atoms with Gasteiger partial charge in [-0.1, -0.05) is 68.3 Å². The largest absolute Gasteiger partial charge is 0.497 e. The van der Waals surface area contributed by atoms with Crippen molar-refractivity contribution in [1.29, 1.82) is 5.26 Å². The molecule has 0 fully saturated rings. The number of para-hydroxylation sites is 1. The van der Waals surface area contributed by atoms with E-state index in [1.807, 2.05) is 60.7 Å². The summed E-state index contributed by atoms with van der Waals surface area (Å²) in [6.45, 7) is 2.17. The van der Waals surface area contributed by atoms with E-state index in [0.717, 1.165) is 41.3 Å². The Labute approximate surface area is 223 Å². The van der Waals surface area contributed by atoms with E-state index in [1.165, 1.54) is 0 Å². The van der Waals surface area contributed by atoms with Crippen LogP contribution in [-0.4, -0.2) is 18.6 Å². The second-order valence-corrected chi connectivity index (χ2v) is 9.83. The van der Waals surface area contributed by atoms with Crippen LogP contribution in [0.25, 0.3) is 0 Å². The molecule has 1 aliphatic heterocycles. The number of nitrogens with zero attached hydrogens (tertiary/aromatic N) is 2. The van der Waals surface area contributed by atoms with Crippen molar-refractivity contribution in [3.8, 4) is 11.8 Å². The predicted octanol–water partition coefficient (Wildman–Crippen LogP) is 7.01. The maximum absolute atomic E-state index is 14.0. The Hall–Kier alpha value is -3.95. The van der Waals surface area contributed by atoms with E-state index in [-0.39, 0.29) is 11.5 Å². The zero-order valence-corrected chi connectivity index (χ0v) is 22.0. The van der Waals surface area contributed by atoms with E-state index < -0.39 is 6.04 Å². The maximum atomic E-state index is 14.0. The number of methoxy groups -OCH3 is 1. The normalized spacial score (nSPS) is 15.5. The number of ketones is 1. The molecule has 3 aromatic rings. The molecule has 1 atom stereocenters. The van der Waals surface area contributed by atoms with Crippen molar-refractivity contribution in [3.63, 3.8) is 0 Å². The fourth-order valence-corrected chi connectivity index (χ4v) is 5.70. The van der Waals surface area contributed by atoms with Crippen LogP contribution in [0.3, 0.4) is 0 Å². The van der Waals surface area contributed by atoms with Crippen LogP contribution in [0.5, 0.6) is 5.75 Å². The number of rotatable bonds is 10. The van der Waals surface area contributed by atoms with Crippen LogP contribution in [-0.2, 0) is 0 Å². The van der Waals surface area contributed by atoms with E-state index in [4.69, 9.17) is 10.5 Å². The van der Waals surface area contributed by atoms with Crippen molar-refractivity contribution >= 4 is 23.2 Å². The molecule has 2 N–H and O–H groups in total. The van der Waals surface area contributed by atoms with Gasteiger partial charge in [0.05, 0.1) is 41.1 Å². The summed E-state index contributed by atoms with van der Waals surface area (Å²) in [6, 6.07) is 28.7. The van der Waals surface area contributed by atoms with Crippen molar-refractivity contribution in [2.75, 3.05) is 17.8 Å². The number of carbonyl (C=O) groups is 1. The number of ether oxygens (including phenoxy) is 1. The number of hydrogen-bond acceptors (Lipinski definition) is 6. The summed E-state index contributed by atoms with van der Waals surface area (Å²) in [5, 5.41) is 11.1. The molecule has 6 heteroatoms. The SMILES string of the molecule is CCCCCSC1=C(C(=O)c2ccc(OC)cc2)C(N)=C(C#N)C(c2ccccc2)N1c1ccccc1. The number of nitriles is 1. The highest BCUT2D eigenvalue weighted by molar-refractivity contribution is 8.03. The minimum Gasteiger partial charge on any atom is -0.497 e. The van der Waals surface area contributed by atoms with Crippen LogP contribution >= 0.6 is 11.8 Å². The summed E-state index contributed by atoms with van der Waals surface area (Å²) in [5.41, 5.74) is 10.0. The highest BCUT2D eigenvalue weighted by atomic mass is 32.2. The Morgan fingerprint density at radius 1 is 1.00 bits per heavy atom. The van der Waals surface area contributed by atoms with E-state index in [2.05, 4.69) is 17.9 Å². The van der Waals surface area contributed by atoms with Crippen molar-refractivity contribution < 1.29 is 9.53 Å². The number of unbranched alkanes of at least 4 members (excludes halogenated alkanes) is 2. The Kier molecular flexibility index (Phi) is 8.71. The number of anilines is 1. The number of nitrogens with two attached hydrogens (primary N) is 1. The zero-order valence-electron chi connectivity index (χ0n) is 21.2. The smallest absolute Gasteiger partial charge is 0.197 e. The van der Waals surface area contributed by atoms with Gasteiger partial charge in [0.1, 0.15) is 5.75 Å². The summed E-state index contributed by atoms with van der Waals surface area (Å²) < 4.78 is 5.27. The quantitative estimate of drug-likeness (QED) is 0.234. The topological polar surface area (TPSA) is 79.3 Å². The van der Waals surface area contributed by atoms with Gasteiger partial charge in [-0.3, -0.25) is 4.79 Å². The molecule has 37 heavy (non-hydrogen) atoms. The van der Waals surface area contributed by atoms with E-state index in [1.54, 1.807) is 43.1 Å². The summed E-state index contributed by atoms with van der Waals surface area (Å²) in [4.78, 5) is 16.1. The molecule has 1 heterocycles. The predicted molar refractivity (Wildman–Crippen MR) is 151 cm³/mol. The van der Waals surface area contributed by atoms with Gasteiger partial charge in [-0.2, -0.15) is 5.26 Å². The second kappa shape index (κ2) is 12.3. The molecule has 188 valence electrons. The maximum Gasteiger partial charge on any atom is 0.197 e. The van der Waals surface area contributed by atoms with Crippen molar-refractivity contribution in [3.05, 3.63) is 118 Å². The molecule has 1 unspecified atom stereocenters. The first-order chi connectivity index (χ1) is 18.1. The molecule has 5 nitrogen and oxygen atoms in total. The molecular formula is C31H31N3O2S. The summed E-state index contributed by atoms with van der Waals surface area (Å²) in [5.74, 6) is 1.29. The fourth-order valence-electron chi connectivity index (χ4n) is 4.46. The second-order valence-electron chi connectivity index (χ2n) is 8.75. The first-order valence-corrected chi connectivity index (χ1v) is 13.4. The third kappa shape index (κ3) is 5.58. The highest BCUT2D eigenvalue weighted by Crippen LogP contribution is 2.46. The molecule has 0 spiro atoms. The van der Waals surface area contributed by atoms with Gasteiger partial charge < -0.3 is 15.4 Å². The standard InChI is InChI=1S/C31H31N3O2S/c1-3-4-11-20-37-31-27(30(35)23-16-18-25(36-2)19-17-23)28(33)26(21-32)29(22-12-7-5-8-13-22)34(31)24-14-9-6-10-15-24/h5-10,12-19,29H,3-4,11,20,33H2,1-2H3. The number of benzene rings is 3. The zero-order chi connectivity index (χ0) is 26.2. The van der Waals surface area contributed by atoms with Gasteiger partial charge in [-0.05, 0) is 54.1 Å². The van der Waals surface area contributed by atoms with Crippen LogP contribution in [0.1, 0.15) is 48.1 Å². The molecule has 0 aliphatic carbocycles. The Morgan fingerprint density at radius 3 is 2.24 bits per heavy atom. The number of Topliss-reactive ketones (excluding diaryl/α,β-unsaturated/α-hetero) is 1. The molecule has 0 radical (unpaired) electrons. The van der Waals surface area contributed by atoms with Gasteiger partial charge >= 0.3 is 0 Å². The number of carbonyl (C=O) groups excluding carboxylic acids is 1. The summed E-state index contributed by atoms with van der Waals surface area (Å²) in [7, 11) is 1.59. The number of hydrogen-bond donors (Lipinski definition) is 1. The first kappa shape index (κ1) is 26.1. The molecule has 3 aromatic carbocycles. The highest BCUT2D eigenvalue weighted by Gasteiger charge is 2.39. The van der Waals surface area contributed by atoms with Gasteiger partial charge in [-0.25, -0.2) is 0 Å². The monoisotopic (exact) mass is 509 g/mol. The fraction of sp³-hybridized carbons (Fsp3) is 0.226. The third-order valence-electron chi connectivity index (χ3n) is 6.36. The van der Waals surface area contributed by atoms with Crippen molar-refractivity contribution in [1.82, 2.24) is 0 Å². The van der Waals surface area contributed by atoms with Gasteiger partial charge in [0.25, 0.3) is 0 Å². The Balaban J connectivity index is 1.95. The van der Waals surface area contributed by atoms with Crippen molar-refractivity contribution in [2.24, 2.45) is 5.73 Å². The van der Waals surface area contributed by atoms with Gasteiger partial charge in [0.2, 0.25) is 0 Å². The molecule has 0 aromatic heterocycles. The minimum atomic E-state index is -0.449. The van der Waals surface area contributed by atoms with Crippen LogP contribution in [0.2, 0.25) is 0 Å². The van der Waals surface area contributed by atoms with E-state index >= 15 is 0 Å². The lowest BCUT2D eigenvalue weighted by atomic mass is 9.88. The van der Waals surface area contributed by atoms with Gasteiger partial charge in [0, 0.05) is 11.3 Å². The minimum absolute atomic E-state index is 0.210. The van der Waals surface area contributed by atoms with E-state index in [9.17, 15) is 10.1 Å². The Bertz CT molecular complexity index is 1330. The molecular weight excluding hydrogens is 478 g/mol. The summed E-state index contributed by atoms with van der Waals surface area (Å²) >= 11 is 1.63. The van der Waals surface area contributed by atoms with Gasteiger partial charge in [-0.15, -0.1) is 11.8 Å². The number of thioether (sulfide) groups is 1. The average Bonchev–Trinajstić information content (AvgIpc) is 2.95. The van der Waals surface area contributed by atoms with Gasteiger partial charge in [0.15, 0.2) is 5.78 Å². The lowest BCUT2D eigenvalue weighted by Crippen LogP contribution is -2.37. The third-order valence-corrected chi connectivity index (χ3v) is 7.53. The average molecular weight is 510 g/mol. The molecule has 4 rings (SSSR count). The lowest BCUT2D eigenvalue weighted by molar-refractivity contribution is 0.103. The molecule has 1 aliphatic rings. The summed E-state index contributed by atoms with van der Waals surface area (Å²) in [6.07, 6.45) is 3.22. The van der Waals surface area contributed by atoms with Crippen LogP contribution in [0.15, 0.2) is 107 Å². The molecule has 0 saturated carbocycles. The van der Waals surface area contributed by atoms with Crippen molar-refractivity contribution in [2.45, 2.75) is 32.2 Å². The van der Waals surface area contributed by atoms with Crippen LogP contribution in [0, 0.1) is 11.3 Å². The van der Waals surface area contributed by atoms with E-state index in [0.29, 0.717) is 22.5 Å². The number of allylic oxidation sites excluding steroid dienone is 1. The lowest BCUT2D eigenvalue weighted by Gasteiger charge is -2.40. The molecule has 0 saturated heterocycles.